The van der Waals surface area contributed by atoms with Crippen molar-refractivity contribution in [3.05, 3.63) is 65.2 Å². The second-order valence-corrected chi connectivity index (χ2v) is 4.68. The fourth-order valence-electron chi connectivity index (χ4n) is 1.81. The summed E-state index contributed by atoms with van der Waals surface area (Å²) in [4.78, 5) is 23.5. The van der Waals surface area contributed by atoms with E-state index >= 15 is 0 Å². The molecule has 2 rings (SSSR count). The maximum absolute atomic E-state index is 11.8. The molecule has 0 unspecified atom stereocenters. The van der Waals surface area contributed by atoms with Crippen LogP contribution in [-0.4, -0.2) is 18.5 Å². The molecule has 1 amide bonds. The quantitative estimate of drug-likeness (QED) is 0.879. The summed E-state index contributed by atoms with van der Waals surface area (Å²) in [5.41, 5.74) is 2.39. The average molecular weight is 294 g/mol. The number of rotatable bonds is 4. The van der Waals surface area contributed by atoms with Crippen molar-refractivity contribution in [2.24, 2.45) is 0 Å². The van der Waals surface area contributed by atoms with Crippen LogP contribution in [0.1, 0.15) is 21.5 Å². The lowest BCUT2D eigenvalue weighted by Gasteiger charge is -2.07. The van der Waals surface area contributed by atoms with Gasteiger partial charge in [-0.15, -0.1) is 0 Å². The van der Waals surface area contributed by atoms with Gasteiger partial charge in [0.15, 0.2) is 6.61 Å². The maximum Gasteiger partial charge on any atom is 0.338 e. The number of hydrogen-bond donors (Lipinski definition) is 1. The van der Waals surface area contributed by atoms with Gasteiger partial charge >= 0.3 is 5.97 Å². The van der Waals surface area contributed by atoms with Crippen LogP contribution < -0.4 is 5.32 Å². The molecule has 0 aromatic heterocycles. The van der Waals surface area contributed by atoms with Crippen molar-refractivity contribution in [1.82, 2.24) is 0 Å². The first-order valence-electron chi connectivity index (χ1n) is 6.62. The number of esters is 1. The van der Waals surface area contributed by atoms with Crippen LogP contribution in [0.2, 0.25) is 0 Å². The third kappa shape index (κ3) is 4.18. The van der Waals surface area contributed by atoms with Gasteiger partial charge in [0.25, 0.3) is 5.91 Å². The summed E-state index contributed by atoms with van der Waals surface area (Å²) in [6.07, 6.45) is 0. The van der Waals surface area contributed by atoms with Crippen molar-refractivity contribution in [1.29, 1.82) is 5.26 Å². The summed E-state index contributed by atoms with van der Waals surface area (Å²) < 4.78 is 4.96. The highest BCUT2D eigenvalue weighted by Crippen LogP contribution is 2.09. The molecule has 2 aromatic rings. The van der Waals surface area contributed by atoms with Gasteiger partial charge in [-0.2, -0.15) is 5.26 Å². The summed E-state index contributed by atoms with van der Waals surface area (Å²) in [7, 11) is 0. The standard InChI is InChI=1S/C17H14N2O3/c1-12-3-2-4-14(9-12)17(21)22-11-16(20)19-15-7-5-13(10-18)6-8-15/h2-9H,11H2,1H3,(H,19,20). The van der Waals surface area contributed by atoms with E-state index in [0.717, 1.165) is 5.56 Å². The number of nitriles is 1. The molecular weight excluding hydrogens is 280 g/mol. The van der Waals surface area contributed by atoms with Crippen molar-refractivity contribution in [3.8, 4) is 6.07 Å². The Morgan fingerprint density at radius 3 is 2.55 bits per heavy atom. The first-order chi connectivity index (χ1) is 10.6. The second kappa shape index (κ2) is 7.04. The number of ether oxygens (including phenoxy) is 1. The zero-order chi connectivity index (χ0) is 15.9. The smallest absolute Gasteiger partial charge is 0.338 e. The molecule has 0 spiro atoms. The summed E-state index contributed by atoms with van der Waals surface area (Å²) in [6.45, 7) is 1.50. The Labute approximate surface area is 128 Å². The number of anilines is 1. The number of hydrogen-bond acceptors (Lipinski definition) is 4. The number of carbonyl (C=O) groups excluding carboxylic acids is 2. The molecule has 110 valence electrons. The predicted octanol–water partition coefficient (Wildman–Crippen LogP) is 2.66. The third-order valence-corrected chi connectivity index (χ3v) is 2.89. The van der Waals surface area contributed by atoms with Crippen LogP contribution >= 0.6 is 0 Å². The van der Waals surface area contributed by atoms with Crippen molar-refractivity contribution in [2.75, 3.05) is 11.9 Å². The molecule has 2 aromatic carbocycles. The van der Waals surface area contributed by atoms with Crippen molar-refractivity contribution in [3.63, 3.8) is 0 Å². The predicted molar refractivity (Wildman–Crippen MR) is 81.2 cm³/mol. The van der Waals surface area contributed by atoms with Crippen molar-refractivity contribution < 1.29 is 14.3 Å². The first kappa shape index (κ1) is 15.3. The van der Waals surface area contributed by atoms with Gasteiger partial charge in [-0.3, -0.25) is 4.79 Å². The minimum absolute atomic E-state index is 0.368. The normalized spacial score (nSPS) is 9.64. The topological polar surface area (TPSA) is 79.2 Å². The molecule has 1 N–H and O–H groups in total. The molecule has 0 saturated carbocycles. The van der Waals surface area contributed by atoms with Gasteiger partial charge in [0, 0.05) is 5.69 Å². The first-order valence-corrected chi connectivity index (χ1v) is 6.62. The van der Waals surface area contributed by atoms with Gasteiger partial charge in [-0.1, -0.05) is 17.7 Å². The molecule has 0 atom stereocenters. The molecule has 22 heavy (non-hydrogen) atoms. The van der Waals surface area contributed by atoms with E-state index in [2.05, 4.69) is 5.32 Å². The zero-order valence-electron chi connectivity index (χ0n) is 12.0. The number of benzene rings is 2. The SMILES string of the molecule is Cc1cccc(C(=O)OCC(=O)Nc2ccc(C#N)cc2)c1. The lowest BCUT2D eigenvalue weighted by atomic mass is 10.1. The molecule has 0 aliphatic heterocycles. The molecule has 0 aliphatic carbocycles. The van der Waals surface area contributed by atoms with Gasteiger partial charge in [-0.25, -0.2) is 4.79 Å². The summed E-state index contributed by atoms with van der Waals surface area (Å²) in [6, 6.07) is 15.3. The highest BCUT2D eigenvalue weighted by Gasteiger charge is 2.10. The van der Waals surface area contributed by atoms with Crippen LogP contribution in [0.3, 0.4) is 0 Å². The Morgan fingerprint density at radius 2 is 1.91 bits per heavy atom. The fourth-order valence-corrected chi connectivity index (χ4v) is 1.81. The van der Waals surface area contributed by atoms with Gasteiger partial charge in [-0.05, 0) is 43.3 Å². The van der Waals surface area contributed by atoms with E-state index in [1.807, 2.05) is 19.1 Å². The Hall–Kier alpha value is -3.13. The Morgan fingerprint density at radius 1 is 1.18 bits per heavy atom. The summed E-state index contributed by atoms with van der Waals surface area (Å²) in [5.74, 6) is -0.982. The molecular formula is C17H14N2O3. The highest BCUT2D eigenvalue weighted by atomic mass is 16.5. The van der Waals surface area contributed by atoms with Crippen LogP contribution in [0.25, 0.3) is 0 Å². The van der Waals surface area contributed by atoms with Crippen LogP contribution in [0.4, 0.5) is 5.69 Å². The molecule has 5 heteroatoms. The molecule has 0 radical (unpaired) electrons. The zero-order valence-corrected chi connectivity index (χ0v) is 12.0. The van der Waals surface area contributed by atoms with E-state index in [-0.39, 0.29) is 6.61 Å². The van der Waals surface area contributed by atoms with Gasteiger partial charge in [0.2, 0.25) is 0 Å². The van der Waals surface area contributed by atoms with Crippen LogP contribution in [0, 0.1) is 18.3 Å². The Bertz CT molecular complexity index is 730. The lowest BCUT2D eigenvalue weighted by Crippen LogP contribution is -2.20. The molecule has 0 saturated heterocycles. The molecule has 0 bridgehead atoms. The maximum atomic E-state index is 11.8. The Kier molecular flexibility index (Phi) is 4.89. The van der Waals surface area contributed by atoms with Crippen molar-refractivity contribution in [2.45, 2.75) is 6.92 Å². The van der Waals surface area contributed by atoms with E-state index in [4.69, 9.17) is 10.00 Å². The van der Waals surface area contributed by atoms with E-state index in [1.165, 1.54) is 0 Å². The summed E-state index contributed by atoms with van der Waals surface area (Å²) >= 11 is 0. The molecule has 0 aliphatic rings. The van der Waals surface area contributed by atoms with E-state index in [1.54, 1.807) is 42.5 Å². The second-order valence-electron chi connectivity index (χ2n) is 4.68. The fraction of sp³-hybridized carbons (Fsp3) is 0.118. The van der Waals surface area contributed by atoms with Crippen LogP contribution in [0.5, 0.6) is 0 Å². The van der Waals surface area contributed by atoms with Crippen molar-refractivity contribution >= 4 is 17.6 Å². The van der Waals surface area contributed by atoms with E-state index in [0.29, 0.717) is 16.8 Å². The van der Waals surface area contributed by atoms with E-state index in [9.17, 15) is 9.59 Å². The molecule has 0 fully saturated rings. The molecule has 0 heterocycles. The lowest BCUT2D eigenvalue weighted by molar-refractivity contribution is -0.119. The number of amides is 1. The van der Waals surface area contributed by atoms with Crippen LogP contribution in [-0.2, 0) is 9.53 Å². The van der Waals surface area contributed by atoms with Gasteiger partial charge < -0.3 is 10.1 Å². The number of nitrogens with one attached hydrogen (secondary N) is 1. The Balaban J connectivity index is 1.87. The third-order valence-electron chi connectivity index (χ3n) is 2.89. The average Bonchev–Trinajstić information content (AvgIpc) is 2.53. The number of carbonyl (C=O) groups is 2. The minimum Gasteiger partial charge on any atom is -0.452 e. The highest BCUT2D eigenvalue weighted by molar-refractivity contribution is 5.95. The van der Waals surface area contributed by atoms with E-state index < -0.39 is 11.9 Å². The summed E-state index contributed by atoms with van der Waals surface area (Å²) in [5, 5.41) is 11.3. The largest absolute Gasteiger partial charge is 0.452 e. The van der Waals surface area contributed by atoms with Gasteiger partial charge in [0.05, 0.1) is 17.2 Å². The minimum atomic E-state index is -0.543. The monoisotopic (exact) mass is 294 g/mol. The van der Waals surface area contributed by atoms with Crippen LogP contribution in [0.15, 0.2) is 48.5 Å². The van der Waals surface area contributed by atoms with Gasteiger partial charge in [0.1, 0.15) is 0 Å². The molecule has 5 nitrogen and oxygen atoms in total. The number of aryl methyl sites for hydroxylation is 1. The number of nitrogens with zero attached hydrogens (tertiary/aromatic N) is 1.